The van der Waals surface area contributed by atoms with Crippen LogP contribution in [0.3, 0.4) is 0 Å². The smallest absolute Gasteiger partial charge is 0.257 e. The lowest BCUT2D eigenvalue weighted by molar-refractivity contribution is 0.0685. The summed E-state index contributed by atoms with van der Waals surface area (Å²) in [6.45, 7) is 5.60. The molecular weight excluding hydrogens is 412 g/mol. The first-order valence-electron chi connectivity index (χ1n) is 11.6. The Morgan fingerprint density at radius 3 is 2.48 bits per heavy atom. The van der Waals surface area contributed by atoms with E-state index >= 15 is 0 Å². The summed E-state index contributed by atoms with van der Waals surface area (Å²) in [7, 11) is 1.65. The molecule has 4 rings (SSSR count). The highest BCUT2D eigenvalue weighted by molar-refractivity contribution is 6.01. The van der Waals surface area contributed by atoms with Crippen LogP contribution in [0.1, 0.15) is 47.9 Å². The van der Waals surface area contributed by atoms with Gasteiger partial charge >= 0.3 is 0 Å². The monoisotopic (exact) mass is 444 g/mol. The topological polar surface area (TPSA) is 50.8 Å². The first-order valence-corrected chi connectivity index (χ1v) is 11.6. The third-order valence-corrected chi connectivity index (χ3v) is 5.96. The molecule has 0 aromatic heterocycles. The number of ether oxygens (including phenoxy) is 2. The van der Waals surface area contributed by atoms with Gasteiger partial charge in [-0.3, -0.25) is 4.79 Å². The van der Waals surface area contributed by atoms with E-state index in [1.165, 1.54) is 5.56 Å². The summed E-state index contributed by atoms with van der Waals surface area (Å²) >= 11 is 0. The van der Waals surface area contributed by atoms with E-state index < -0.39 is 0 Å². The van der Waals surface area contributed by atoms with Crippen LogP contribution in [0.2, 0.25) is 0 Å². The first-order chi connectivity index (χ1) is 16.1. The molecule has 0 aliphatic carbocycles. The van der Waals surface area contributed by atoms with Crippen LogP contribution >= 0.6 is 0 Å². The maximum atomic E-state index is 13.5. The predicted molar refractivity (Wildman–Crippen MR) is 132 cm³/mol. The van der Waals surface area contributed by atoms with Gasteiger partial charge in [0.25, 0.3) is 5.91 Å². The predicted octanol–water partition coefficient (Wildman–Crippen LogP) is 5.93. The van der Waals surface area contributed by atoms with Crippen LogP contribution in [0.4, 0.5) is 5.69 Å². The summed E-state index contributed by atoms with van der Waals surface area (Å²) in [4.78, 5) is 15.4. The van der Waals surface area contributed by atoms with Crippen molar-refractivity contribution in [2.45, 2.75) is 32.9 Å². The van der Waals surface area contributed by atoms with Crippen LogP contribution in [-0.4, -0.2) is 31.1 Å². The zero-order valence-electron chi connectivity index (χ0n) is 19.6. The Morgan fingerprint density at radius 1 is 0.970 bits per heavy atom. The number of hydrogen-bond acceptors (Lipinski definition) is 4. The Morgan fingerprint density at radius 2 is 1.73 bits per heavy atom. The molecule has 1 N–H and O–H groups in total. The second-order valence-corrected chi connectivity index (χ2v) is 8.77. The number of para-hydroxylation sites is 1. The van der Waals surface area contributed by atoms with Gasteiger partial charge in [-0.05, 0) is 54.2 Å². The molecule has 1 amide bonds. The lowest BCUT2D eigenvalue weighted by Gasteiger charge is -2.38. The van der Waals surface area contributed by atoms with Gasteiger partial charge in [-0.15, -0.1) is 0 Å². The van der Waals surface area contributed by atoms with Crippen LogP contribution in [0.5, 0.6) is 11.5 Å². The molecular formula is C28H32N2O3. The number of fused-ring (bicyclic) bond motifs is 1. The van der Waals surface area contributed by atoms with Crippen molar-refractivity contribution >= 4 is 11.6 Å². The highest BCUT2D eigenvalue weighted by atomic mass is 16.5. The Hall–Kier alpha value is -3.47. The molecule has 0 radical (unpaired) electrons. The van der Waals surface area contributed by atoms with E-state index in [0.29, 0.717) is 30.4 Å². The Labute approximate surface area is 196 Å². The summed E-state index contributed by atoms with van der Waals surface area (Å²) in [6, 6.07) is 23.9. The molecule has 0 fully saturated rings. The van der Waals surface area contributed by atoms with E-state index in [1.54, 1.807) is 7.11 Å². The fourth-order valence-electron chi connectivity index (χ4n) is 4.06. The van der Waals surface area contributed by atoms with Crippen LogP contribution in [0.25, 0.3) is 0 Å². The lowest BCUT2D eigenvalue weighted by Crippen LogP contribution is -2.44. The molecule has 172 valence electrons. The number of benzene rings is 3. The Balaban J connectivity index is 1.62. The average molecular weight is 445 g/mol. The average Bonchev–Trinajstić information content (AvgIpc) is 2.84. The van der Waals surface area contributed by atoms with Gasteiger partial charge < -0.3 is 19.7 Å². The third kappa shape index (κ3) is 5.30. The first kappa shape index (κ1) is 22.7. The maximum Gasteiger partial charge on any atom is 0.257 e. The van der Waals surface area contributed by atoms with Crippen molar-refractivity contribution in [2.75, 3.05) is 25.6 Å². The largest absolute Gasteiger partial charge is 0.493 e. The van der Waals surface area contributed by atoms with Crippen LogP contribution in [-0.2, 0) is 6.42 Å². The molecule has 1 unspecified atom stereocenters. The number of nitrogens with one attached hydrogen (secondary N) is 1. The number of anilines is 1. The fourth-order valence-corrected chi connectivity index (χ4v) is 4.06. The molecule has 0 saturated heterocycles. The normalized spacial score (nSPS) is 15.2. The van der Waals surface area contributed by atoms with E-state index in [-0.39, 0.29) is 12.1 Å². The minimum atomic E-state index is -0.297. The number of nitrogens with zero attached hydrogens (tertiary/aromatic N) is 1. The van der Waals surface area contributed by atoms with E-state index in [4.69, 9.17) is 9.47 Å². The highest BCUT2D eigenvalue weighted by Crippen LogP contribution is 2.37. The summed E-state index contributed by atoms with van der Waals surface area (Å²) in [5.74, 6) is 2.00. The van der Waals surface area contributed by atoms with Crippen molar-refractivity contribution in [3.05, 3.63) is 89.5 Å². The van der Waals surface area contributed by atoms with Crippen molar-refractivity contribution in [1.82, 2.24) is 4.90 Å². The Bertz CT molecular complexity index is 1080. The summed E-state index contributed by atoms with van der Waals surface area (Å²) in [5, 5.41) is 3.57. The standard InChI is InChI=1S/C28H32N2O3/c1-20(2)16-18-33-25-14-13-22(19-26(25)32-3)27-29-24-12-8-7-11-23(24)28(31)30(27)17-15-21-9-5-4-6-10-21/h4-14,19-20,27,29H,15-18H2,1-3H3. The molecule has 1 aliphatic rings. The molecule has 3 aromatic rings. The quantitative estimate of drug-likeness (QED) is 0.444. The van der Waals surface area contributed by atoms with Crippen molar-refractivity contribution in [3.63, 3.8) is 0 Å². The van der Waals surface area contributed by atoms with Gasteiger partial charge in [0, 0.05) is 12.2 Å². The SMILES string of the molecule is COc1cc(C2Nc3ccccc3C(=O)N2CCc2ccccc2)ccc1OCCC(C)C. The fraction of sp³-hybridized carbons (Fsp3) is 0.321. The molecule has 3 aromatic carbocycles. The second kappa shape index (κ2) is 10.4. The molecule has 0 spiro atoms. The minimum absolute atomic E-state index is 0.0292. The van der Waals surface area contributed by atoms with Gasteiger partial charge in [0.05, 0.1) is 19.3 Å². The molecule has 33 heavy (non-hydrogen) atoms. The molecule has 0 bridgehead atoms. The molecule has 1 heterocycles. The van der Waals surface area contributed by atoms with Gasteiger partial charge in [-0.1, -0.05) is 62.4 Å². The zero-order valence-corrected chi connectivity index (χ0v) is 19.6. The second-order valence-electron chi connectivity index (χ2n) is 8.77. The lowest BCUT2D eigenvalue weighted by atomic mass is 10.0. The van der Waals surface area contributed by atoms with Gasteiger partial charge in [0.1, 0.15) is 6.17 Å². The number of rotatable bonds is 9. The number of carbonyl (C=O) groups is 1. The van der Waals surface area contributed by atoms with Gasteiger partial charge in [-0.2, -0.15) is 0 Å². The van der Waals surface area contributed by atoms with Crippen LogP contribution < -0.4 is 14.8 Å². The molecule has 5 heteroatoms. The van der Waals surface area contributed by atoms with E-state index in [0.717, 1.165) is 29.8 Å². The van der Waals surface area contributed by atoms with Gasteiger partial charge in [0.2, 0.25) is 0 Å². The third-order valence-electron chi connectivity index (χ3n) is 5.96. The number of carbonyl (C=O) groups excluding carboxylic acids is 1. The van der Waals surface area contributed by atoms with Crippen LogP contribution in [0.15, 0.2) is 72.8 Å². The van der Waals surface area contributed by atoms with E-state index in [2.05, 4.69) is 31.3 Å². The molecule has 0 saturated carbocycles. The minimum Gasteiger partial charge on any atom is -0.493 e. The zero-order chi connectivity index (χ0) is 23.2. The number of amides is 1. The van der Waals surface area contributed by atoms with Gasteiger partial charge in [0.15, 0.2) is 11.5 Å². The molecule has 5 nitrogen and oxygen atoms in total. The number of methoxy groups -OCH3 is 1. The summed E-state index contributed by atoms with van der Waals surface area (Å²) in [5.41, 5.74) is 3.70. The van der Waals surface area contributed by atoms with Crippen molar-refractivity contribution in [3.8, 4) is 11.5 Å². The highest BCUT2D eigenvalue weighted by Gasteiger charge is 2.33. The van der Waals surface area contributed by atoms with Gasteiger partial charge in [-0.25, -0.2) is 0 Å². The van der Waals surface area contributed by atoms with E-state index in [9.17, 15) is 4.79 Å². The van der Waals surface area contributed by atoms with Crippen LogP contribution in [0, 0.1) is 5.92 Å². The summed E-state index contributed by atoms with van der Waals surface area (Å²) < 4.78 is 11.6. The van der Waals surface area contributed by atoms with Crippen molar-refractivity contribution in [2.24, 2.45) is 5.92 Å². The number of hydrogen-bond donors (Lipinski definition) is 1. The molecule has 1 aliphatic heterocycles. The van der Waals surface area contributed by atoms with Crippen molar-refractivity contribution < 1.29 is 14.3 Å². The van der Waals surface area contributed by atoms with E-state index in [1.807, 2.05) is 65.6 Å². The van der Waals surface area contributed by atoms with Crippen molar-refractivity contribution in [1.29, 1.82) is 0 Å². The maximum absolute atomic E-state index is 13.5. The Kier molecular flexibility index (Phi) is 7.18. The molecule has 1 atom stereocenters. The summed E-state index contributed by atoms with van der Waals surface area (Å²) in [6.07, 6.45) is 1.46.